The number of nitrogens with zero attached hydrogens (tertiary/aromatic N) is 2. The molecule has 2 aromatic heterocycles. The first-order chi connectivity index (χ1) is 12.0. The molecule has 2 heterocycles. The quantitative estimate of drug-likeness (QED) is 0.708. The number of nitrogens with one attached hydrogen (secondary N) is 2. The summed E-state index contributed by atoms with van der Waals surface area (Å²) in [5.41, 5.74) is 1.32. The van der Waals surface area contributed by atoms with Gasteiger partial charge in [-0.05, 0) is 48.0 Å². The summed E-state index contributed by atoms with van der Waals surface area (Å²) >= 11 is 0. The predicted molar refractivity (Wildman–Crippen MR) is 93.0 cm³/mol. The van der Waals surface area contributed by atoms with Crippen LogP contribution in [0.15, 0.2) is 72.0 Å². The van der Waals surface area contributed by atoms with E-state index in [1.165, 1.54) is 18.3 Å². The lowest BCUT2D eigenvalue weighted by Gasteiger charge is -2.09. The molecule has 0 fully saturated rings. The minimum atomic E-state index is -3.78. The van der Waals surface area contributed by atoms with Gasteiger partial charge < -0.3 is 5.32 Å². The van der Waals surface area contributed by atoms with Crippen LogP contribution in [0, 0.1) is 5.82 Å². The monoisotopic (exact) mass is 358 g/mol. The normalized spacial score (nSPS) is 11.1. The summed E-state index contributed by atoms with van der Waals surface area (Å²) < 4.78 is 39.8. The van der Waals surface area contributed by atoms with Crippen LogP contribution in [0.2, 0.25) is 0 Å². The molecule has 0 saturated heterocycles. The van der Waals surface area contributed by atoms with E-state index in [-0.39, 0.29) is 4.90 Å². The molecule has 2 N–H and O–H groups in total. The zero-order valence-electron chi connectivity index (χ0n) is 13.1. The summed E-state index contributed by atoms with van der Waals surface area (Å²) in [4.78, 5) is 8.17. The molecule has 0 aliphatic rings. The molecule has 0 aliphatic heterocycles. The van der Waals surface area contributed by atoms with Crippen molar-refractivity contribution < 1.29 is 12.8 Å². The van der Waals surface area contributed by atoms with E-state index >= 15 is 0 Å². The standard InChI is InChI=1S/C17H15FN4O2S/c18-14-3-6-16(7-4-14)25(23,24)22-15-5-8-17(21-12-15)20-11-13-2-1-9-19-10-13/h1-10,12,22H,11H2,(H,20,21). The Labute approximate surface area is 144 Å². The molecule has 0 spiro atoms. The molecule has 0 radical (unpaired) electrons. The number of hydrogen-bond donors (Lipinski definition) is 2. The van der Waals surface area contributed by atoms with Gasteiger partial charge >= 0.3 is 0 Å². The van der Waals surface area contributed by atoms with Crippen LogP contribution in [-0.2, 0) is 16.6 Å². The molecule has 0 aliphatic carbocycles. The van der Waals surface area contributed by atoms with Crippen LogP contribution in [0.3, 0.4) is 0 Å². The van der Waals surface area contributed by atoms with Gasteiger partial charge in [0.2, 0.25) is 0 Å². The fourth-order valence-electron chi connectivity index (χ4n) is 2.08. The van der Waals surface area contributed by atoms with Crippen molar-refractivity contribution >= 4 is 21.5 Å². The summed E-state index contributed by atoms with van der Waals surface area (Å²) in [5, 5.41) is 3.12. The van der Waals surface area contributed by atoms with Crippen molar-refractivity contribution in [3.63, 3.8) is 0 Å². The molecule has 0 atom stereocenters. The minimum Gasteiger partial charge on any atom is -0.366 e. The second kappa shape index (κ2) is 7.27. The molecule has 3 rings (SSSR count). The third-order valence-corrected chi connectivity index (χ3v) is 4.73. The van der Waals surface area contributed by atoms with E-state index in [4.69, 9.17) is 0 Å². The van der Waals surface area contributed by atoms with E-state index < -0.39 is 15.8 Å². The molecule has 0 saturated carbocycles. The molecule has 3 aromatic rings. The van der Waals surface area contributed by atoms with Crippen LogP contribution in [0.1, 0.15) is 5.56 Å². The fourth-order valence-corrected chi connectivity index (χ4v) is 3.13. The number of sulfonamides is 1. The van der Waals surface area contributed by atoms with Crippen molar-refractivity contribution in [3.8, 4) is 0 Å². The largest absolute Gasteiger partial charge is 0.366 e. The number of aromatic nitrogens is 2. The minimum absolute atomic E-state index is 0.0207. The van der Waals surface area contributed by atoms with Gasteiger partial charge in [-0.25, -0.2) is 17.8 Å². The number of pyridine rings is 2. The molecule has 0 unspecified atom stereocenters. The average Bonchev–Trinajstić information content (AvgIpc) is 2.62. The predicted octanol–water partition coefficient (Wildman–Crippen LogP) is 3.03. The number of halogens is 1. The van der Waals surface area contributed by atoms with Crippen LogP contribution >= 0.6 is 0 Å². The molecular formula is C17H15FN4O2S. The van der Waals surface area contributed by atoms with E-state index in [0.29, 0.717) is 18.1 Å². The van der Waals surface area contributed by atoms with Crippen LogP contribution < -0.4 is 10.0 Å². The second-order valence-corrected chi connectivity index (χ2v) is 6.89. The van der Waals surface area contributed by atoms with Crippen molar-refractivity contribution in [3.05, 3.63) is 78.5 Å². The summed E-state index contributed by atoms with van der Waals surface area (Å²) in [5.74, 6) is 0.109. The second-order valence-electron chi connectivity index (χ2n) is 5.21. The van der Waals surface area contributed by atoms with E-state index in [2.05, 4.69) is 20.0 Å². The summed E-state index contributed by atoms with van der Waals surface area (Å²) in [6.45, 7) is 0.557. The van der Waals surface area contributed by atoms with E-state index in [1.54, 1.807) is 24.5 Å². The van der Waals surface area contributed by atoms with E-state index in [0.717, 1.165) is 17.7 Å². The Hall–Kier alpha value is -3.00. The molecule has 25 heavy (non-hydrogen) atoms. The molecule has 0 bridgehead atoms. The lowest BCUT2D eigenvalue weighted by Crippen LogP contribution is -2.13. The lowest BCUT2D eigenvalue weighted by atomic mass is 10.3. The van der Waals surface area contributed by atoms with Crippen molar-refractivity contribution in [1.29, 1.82) is 0 Å². The highest BCUT2D eigenvalue weighted by atomic mass is 32.2. The highest BCUT2D eigenvalue weighted by Crippen LogP contribution is 2.17. The van der Waals surface area contributed by atoms with E-state index in [9.17, 15) is 12.8 Å². The summed E-state index contributed by atoms with van der Waals surface area (Å²) in [6, 6.07) is 11.6. The van der Waals surface area contributed by atoms with E-state index in [1.807, 2.05) is 12.1 Å². The molecular weight excluding hydrogens is 343 g/mol. The van der Waals surface area contributed by atoms with Gasteiger partial charge in [-0.15, -0.1) is 0 Å². The van der Waals surface area contributed by atoms with Crippen molar-refractivity contribution in [2.45, 2.75) is 11.4 Å². The smallest absolute Gasteiger partial charge is 0.261 e. The third-order valence-electron chi connectivity index (χ3n) is 3.34. The van der Waals surface area contributed by atoms with Gasteiger partial charge in [0.25, 0.3) is 10.0 Å². The van der Waals surface area contributed by atoms with Crippen LogP contribution in [-0.4, -0.2) is 18.4 Å². The number of rotatable bonds is 6. The third kappa shape index (κ3) is 4.51. The average molecular weight is 358 g/mol. The molecule has 128 valence electrons. The summed E-state index contributed by atoms with van der Waals surface area (Å²) in [6.07, 6.45) is 4.86. The zero-order valence-corrected chi connectivity index (χ0v) is 13.9. The van der Waals surface area contributed by atoms with Gasteiger partial charge in [-0.2, -0.15) is 0 Å². The van der Waals surface area contributed by atoms with Gasteiger partial charge in [0, 0.05) is 18.9 Å². The van der Waals surface area contributed by atoms with Crippen LogP contribution in [0.5, 0.6) is 0 Å². The molecule has 6 nitrogen and oxygen atoms in total. The molecule has 1 aromatic carbocycles. The Balaban J connectivity index is 1.65. The number of hydrogen-bond acceptors (Lipinski definition) is 5. The first-order valence-electron chi connectivity index (χ1n) is 7.40. The van der Waals surface area contributed by atoms with Gasteiger partial charge in [0.05, 0.1) is 16.8 Å². The van der Waals surface area contributed by atoms with Crippen molar-refractivity contribution in [2.24, 2.45) is 0 Å². The van der Waals surface area contributed by atoms with Gasteiger partial charge in [0.15, 0.2) is 0 Å². The summed E-state index contributed by atoms with van der Waals surface area (Å²) in [7, 11) is -3.78. The Kier molecular flexibility index (Phi) is 4.90. The van der Waals surface area contributed by atoms with Crippen molar-refractivity contribution in [2.75, 3.05) is 10.0 Å². The molecule has 0 amide bonds. The lowest BCUT2D eigenvalue weighted by molar-refractivity contribution is 0.599. The van der Waals surface area contributed by atoms with Gasteiger partial charge in [-0.1, -0.05) is 6.07 Å². The Morgan fingerprint density at radius 3 is 2.44 bits per heavy atom. The Morgan fingerprint density at radius 2 is 1.80 bits per heavy atom. The SMILES string of the molecule is O=S(=O)(Nc1ccc(NCc2cccnc2)nc1)c1ccc(F)cc1. The Morgan fingerprint density at radius 1 is 1.00 bits per heavy atom. The maximum absolute atomic E-state index is 12.9. The van der Waals surface area contributed by atoms with Crippen LogP contribution in [0.25, 0.3) is 0 Å². The van der Waals surface area contributed by atoms with Gasteiger partial charge in [0.1, 0.15) is 11.6 Å². The highest BCUT2D eigenvalue weighted by Gasteiger charge is 2.14. The van der Waals surface area contributed by atoms with Crippen LogP contribution in [0.4, 0.5) is 15.9 Å². The van der Waals surface area contributed by atoms with Gasteiger partial charge in [-0.3, -0.25) is 9.71 Å². The first-order valence-corrected chi connectivity index (χ1v) is 8.88. The number of benzene rings is 1. The topological polar surface area (TPSA) is 84.0 Å². The Bertz CT molecular complexity index is 931. The highest BCUT2D eigenvalue weighted by molar-refractivity contribution is 7.92. The maximum atomic E-state index is 12.9. The van der Waals surface area contributed by atoms with Crippen molar-refractivity contribution in [1.82, 2.24) is 9.97 Å². The molecule has 8 heteroatoms. The number of anilines is 2. The fraction of sp³-hybridized carbons (Fsp3) is 0.0588. The first kappa shape index (κ1) is 16.8. The maximum Gasteiger partial charge on any atom is 0.261 e. The zero-order chi connectivity index (χ0) is 17.7.